The molecule has 17 heavy (non-hydrogen) atoms. The lowest BCUT2D eigenvalue weighted by molar-refractivity contribution is 0.0852. The van der Waals surface area contributed by atoms with Gasteiger partial charge in [0, 0.05) is 38.9 Å². The largest absolute Gasteiger partial charge is 0.381 e. The van der Waals surface area contributed by atoms with Crippen LogP contribution in [0.1, 0.15) is 24.1 Å². The Morgan fingerprint density at radius 3 is 2.71 bits per heavy atom. The first-order valence-electron chi connectivity index (χ1n) is 6.04. The van der Waals surface area contributed by atoms with Crippen molar-refractivity contribution in [2.75, 3.05) is 25.2 Å². The fourth-order valence-electron chi connectivity index (χ4n) is 2.53. The molecule has 2 rings (SSSR count). The number of aryl methyl sites for hydroxylation is 2. The van der Waals surface area contributed by atoms with Crippen molar-refractivity contribution >= 4 is 17.4 Å². The Morgan fingerprint density at radius 2 is 2.12 bits per heavy atom. The summed E-state index contributed by atoms with van der Waals surface area (Å²) in [6, 6.07) is 0.528. The van der Waals surface area contributed by atoms with Gasteiger partial charge in [-0.25, -0.2) is 0 Å². The molecule has 4 nitrogen and oxygen atoms in total. The van der Waals surface area contributed by atoms with Crippen LogP contribution in [0.5, 0.6) is 0 Å². The summed E-state index contributed by atoms with van der Waals surface area (Å²) in [7, 11) is 4.11. The Morgan fingerprint density at radius 1 is 1.47 bits per heavy atom. The maximum absolute atomic E-state index is 6.03. The molecule has 1 fully saturated rings. The number of hydrogen-bond donors (Lipinski definition) is 0. The molecule has 1 aliphatic rings. The monoisotopic (exact) mass is 257 g/mol. The third kappa shape index (κ3) is 2.43. The maximum Gasteiger partial charge on any atom is 0.131 e. The highest BCUT2D eigenvalue weighted by Crippen LogP contribution is 2.27. The lowest BCUT2D eigenvalue weighted by Crippen LogP contribution is -2.38. The molecule has 0 N–H and O–H groups in total. The fourth-order valence-corrected chi connectivity index (χ4v) is 2.85. The van der Waals surface area contributed by atoms with E-state index < -0.39 is 0 Å². The normalized spacial score (nSPS) is 17.4. The summed E-state index contributed by atoms with van der Waals surface area (Å²) in [6.45, 7) is 3.71. The van der Waals surface area contributed by atoms with Crippen LogP contribution < -0.4 is 4.90 Å². The van der Waals surface area contributed by atoms with Gasteiger partial charge in [-0.05, 0) is 19.8 Å². The highest BCUT2D eigenvalue weighted by Gasteiger charge is 2.24. The van der Waals surface area contributed by atoms with Gasteiger partial charge in [-0.15, -0.1) is 11.6 Å². The van der Waals surface area contributed by atoms with Gasteiger partial charge < -0.3 is 9.64 Å². The molecule has 1 aromatic heterocycles. The fraction of sp³-hybridized carbons (Fsp3) is 0.750. The molecule has 0 saturated carbocycles. The van der Waals surface area contributed by atoms with E-state index in [4.69, 9.17) is 16.3 Å². The molecule has 0 atom stereocenters. The molecule has 1 aliphatic heterocycles. The highest BCUT2D eigenvalue weighted by atomic mass is 35.5. The van der Waals surface area contributed by atoms with Crippen LogP contribution in [-0.2, 0) is 17.7 Å². The van der Waals surface area contributed by atoms with Crippen LogP contribution in [0.15, 0.2) is 0 Å². The quantitative estimate of drug-likeness (QED) is 0.777. The third-order valence-electron chi connectivity index (χ3n) is 3.52. The average Bonchev–Trinajstić information content (AvgIpc) is 2.63. The van der Waals surface area contributed by atoms with E-state index in [1.807, 2.05) is 18.7 Å². The van der Waals surface area contributed by atoms with Gasteiger partial charge >= 0.3 is 0 Å². The zero-order valence-corrected chi connectivity index (χ0v) is 11.5. The molecule has 1 aromatic rings. The number of anilines is 1. The number of hydrogen-bond acceptors (Lipinski definition) is 3. The number of rotatable bonds is 3. The first-order valence-corrected chi connectivity index (χ1v) is 6.57. The Balaban J connectivity index is 2.25. The van der Waals surface area contributed by atoms with E-state index in [1.165, 1.54) is 0 Å². The van der Waals surface area contributed by atoms with Gasteiger partial charge in [-0.3, -0.25) is 4.68 Å². The van der Waals surface area contributed by atoms with Crippen molar-refractivity contribution in [1.82, 2.24) is 9.78 Å². The summed E-state index contributed by atoms with van der Waals surface area (Å²) < 4.78 is 7.34. The molecule has 0 aliphatic carbocycles. The van der Waals surface area contributed by atoms with Gasteiger partial charge in [0.2, 0.25) is 0 Å². The predicted octanol–water partition coefficient (Wildman–Crippen LogP) is 2.08. The summed E-state index contributed by atoms with van der Waals surface area (Å²) in [5.74, 6) is 1.66. The zero-order chi connectivity index (χ0) is 12.4. The summed E-state index contributed by atoms with van der Waals surface area (Å²) >= 11 is 6.03. The van der Waals surface area contributed by atoms with Gasteiger partial charge in [0.25, 0.3) is 0 Å². The smallest absolute Gasteiger partial charge is 0.131 e. The Hall–Kier alpha value is -0.740. The topological polar surface area (TPSA) is 30.3 Å². The van der Waals surface area contributed by atoms with E-state index >= 15 is 0 Å². The van der Waals surface area contributed by atoms with Crippen molar-refractivity contribution in [1.29, 1.82) is 0 Å². The van der Waals surface area contributed by atoms with E-state index in [0.717, 1.165) is 43.1 Å². The molecule has 5 heteroatoms. The van der Waals surface area contributed by atoms with E-state index in [0.29, 0.717) is 11.9 Å². The molecule has 0 spiro atoms. The molecular formula is C12H20ClN3O. The van der Waals surface area contributed by atoms with Crippen LogP contribution in [0.3, 0.4) is 0 Å². The van der Waals surface area contributed by atoms with E-state index in [9.17, 15) is 0 Å². The Labute approximate surface area is 107 Å². The molecule has 0 unspecified atom stereocenters. The molecule has 0 radical (unpaired) electrons. The standard InChI is InChI=1S/C12H20ClN3O/c1-9-11(8-13)12(16(3)14-9)15(2)10-4-6-17-7-5-10/h10H,4-8H2,1-3H3. The van der Waals surface area contributed by atoms with Crippen molar-refractivity contribution in [3.8, 4) is 0 Å². The Bertz CT molecular complexity index is 385. The van der Waals surface area contributed by atoms with Crippen molar-refractivity contribution in [2.24, 2.45) is 7.05 Å². The molecule has 0 aromatic carbocycles. The number of ether oxygens (including phenoxy) is 1. The predicted molar refractivity (Wildman–Crippen MR) is 69.7 cm³/mol. The van der Waals surface area contributed by atoms with Gasteiger partial charge in [-0.2, -0.15) is 5.10 Å². The van der Waals surface area contributed by atoms with E-state index in [1.54, 1.807) is 0 Å². The zero-order valence-electron chi connectivity index (χ0n) is 10.7. The second kappa shape index (κ2) is 5.27. The molecular weight excluding hydrogens is 238 g/mol. The summed E-state index contributed by atoms with van der Waals surface area (Å²) in [6.07, 6.45) is 2.14. The summed E-state index contributed by atoms with van der Waals surface area (Å²) in [5, 5.41) is 4.46. The maximum atomic E-state index is 6.03. The Kier molecular flexibility index (Phi) is 3.94. The van der Waals surface area contributed by atoms with Crippen LogP contribution in [0.4, 0.5) is 5.82 Å². The van der Waals surface area contributed by atoms with Crippen molar-refractivity contribution in [2.45, 2.75) is 31.7 Å². The lowest BCUT2D eigenvalue weighted by Gasteiger charge is -2.33. The average molecular weight is 258 g/mol. The minimum Gasteiger partial charge on any atom is -0.381 e. The number of halogens is 1. The van der Waals surface area contributed by atoms with Gasteiger partial charge in [-0.1, -0.05) is 0 Å². The second-order valence-electron chi connectivity index (χ2n) is 4.60. The third-order valence-corrected chi connectivity index (χ3v) is 3.79. The van der Waals surface area contributed by atoms with E-state index in [-0.39, 0.29) is 0 Å². The summed E-state index contributed by atoms with van der Waals surface area (Å²) in [5.41, 5.74) is 2.17. The summed E-state index contributed by atoms with van der Waals surface area (Å²) in [4.78, 5) is 2.31. The van der Waals surface area contributed by atoms with Crippen LogP contribution in [0, 0.1) is 6.92 Å². The number of nitrogens with zero attached hydrogens (tertiary/aromatic N) is 3. The highest BCUT2D eigenvalue weighted by molar-refractivity contribution is 6.17. The number of aromatic nitrogens is 2. The first kappa shape index (κ1) is 12.7. The lowest BCUT2D eigenvalue weighted by atomic mass is 10.1. The molecule has 1 saturated heterocycles. The van der Waals surface area contributed by atoms with Crippen LogP contribution in [-0.4, -0.2) is 36.1 Å². The van der Waals surface area contributed by atoms with Crippen molar-refractivity contribution in [3.05, 3.63) is 11.3 Å². The minimum absolute atomic E-state index is 0.516. The molecule has 96 valence electrons. The SMILES string of the molecule is Cc1nn(C)c(N(C)C2CCOCC2)c1CCl. The van der Waals surface area contributed by atoms with E-state index in [2.05, 4.69) is 17.0 Å². The molecule has 2 heterocycles. The first-order chi connectivity index (χ1) is 8.15. The van der Waals surface area contributed by atoms with Gasteiger partial charge in [0.05, 0.1) is 11.6 Å². The van der Waals surface area contributed by atoms with Gasteiger partial charge in [0.1, 0.15) is 5.82 Å². The number of alkyl halides is 1. The minimum atomic E-state index is 0.516. The van der Waals surface area contributed by atoms with Crippen molar-refractivity contribution in [3.63, 3.8) is 0 Å². The van der Waals surface area contributed by atoms with Gasteiger partial charge in [0.15, 0.2) is 0 Å². The molecule has 0 bridgehead atoms. The second-order valence-corrected chi connectivity index (χ2v) is 4.87. The van der Waals surface area contributed by atoms with Crippen LogP contribution in [0.2, 0.25) is 0 Å². The van der Waals surface area contributed by atoms with Crippen LogP contribution in [0.25, 0.3) is 0 Å². The van der Waals surface area contributed by atoms with Crippen molar-refractivity contribution < 1.29 is 4.74 Å². The van der Waals surface area contributed by atoms with Crippen LogP contribution >= 0.6 is 11.6 Å². The molecule has 0 amide bonds.